The van der Waals surface area contributed by atoms with Crippen molar-refractivity contribution in [3.05, 3.63) is 94.9 Å². The summed E-state index contributed by atoms with van der Waals surface area (Å²) < 4.78 is 10.7. The average Bonchev–Trinajstić information content (AvgIpc) is 3.32. The van der Waals surface area contributed by atoms with Crippen LogP contribution >= 0.6 is 11.3 Å². The molecule has 4 rings (SSSR count). The van der Waals surface area contributed by atoms with Crippen LogP contribution in [0.25, 0.3) is 11.3 Å². The predicted molar refractivity (Wildman–Crippen MR) is 125 cm³/mol. The van der Waals surface area contributed by atoms with Gasteiger partial charge in [-0.15, -0.1) is 11.3 Å². The molecule has 0 saturated heterocycles. The van der Waals surface area contributed by atoms with Crippen LogP contribution in [0, 0.1) is 0 Å². The van der Waals surface area contributed by atoms with Crippen molar-refractivity contribution in [3.63, 3.8) is 0 Å². The van der Waals surface area contributed by atoms with Crippen molar-refractivity contribution < 1.29 is 19.1 Å². The van der Waals surface area contributed by atoms with E-state index in [4.69, 9.17) is 9.47 Å². The first kappa shape index (κ1) is 21.3. The van der Waals surface area contributed by atoms with E-state index in [1.54, 1.807) is 50.6 Å². The van der Waals surface area contributed by atoms with Gasteiger partial charge in [-0.05, 0) is 30.3 Å². The highest BCUT2D eigenvalue weighted by Gasteiger charge is 2.15. The third-order valence-corrected chi connectivity index (χ3v) is 5.61. The first-order valence-corrected chi connectivity index (χ1v) is 10.7. The number of hydrogen-bond donors (Lipinski definition) is 1. The third-order valence-electron chi connectivity index (χ3n) is 4.85. The first-order chi connectivity index (χ1) is 15.6. The van der Waals surface area contributed by atoms with Gasteiger partial charge in [0.15, 0.2) is 10.9 Å². The molecule has 0 saturated carbocycles. The molecule has 1 aromatic heterocycles. The molecule has 1 heterocycles. The Hall–Kier alpha value is -3.97. The maximum atomic E-state index is 12.7. The number of anilines is 1. The molecule has 4 aromatic rings. The van der Waals surface area contributed by atoms with Crippen molar-refractivity contribution in [2.24, 2.45) is 0 Å². The number of carbonyl (C=O) groups is 2. The van der Waals surface area contributed by atoms with Gasteiger partial charge in [-0.1, -0.05) is 42.5 Å². The van der Waals surface area contributed by atoms with E-state index in [1.807, 2.05) is 41.8 Å². The highest BCUT2D eigenvalue weighted by atomic mass is 32.1. The number of rotatable bonds is 7. The standard InChI is InChI=1S/C25H20N2O4S/c1-30-19-12-13-22(31-2)20(14-19)21-15-32-25(26-21)27-24(29)18-10-8-17(9-11-18)23(28)16-6-4-3-5-7-16/h3-15H,1-2H3,(H,26,27,29). The number of ether oxygens (including phenoxy) is 2. The van der Waals surface area contributed by atoms with Gasteiger partial charge in [0.1, 0.15) is 11.5 Å². The molecule has 0 bridgehead atoms. The fourth-order valence-corrected chi connectivity index (χ4v) is 3.87. The molecule has 0 aliphatic carbocycles. The van der Waals surface area contributed by atoms with Crippen LogP contribution in [0.4, 0.5) is 5.13 Å². The molecule has 0 spiro atoms. The van der Waals surface area contributed by atoms with Gasteiger partial charge < -0.3 is 9.47 Å². The van der Waals surface area contributed by atoms with E-state index < -0.39 is 0 Å². The molecule has 32 heavy (non-hydrogen) atoms. The number of methoxy groups -OCH3 is 2. The summed E-state index contributed by atoms with van der Waals surface area (Å²) in [7, 11) is 3.18. The van der Waals surface area contributed by atoms with Crippen LogP contribution in [0.15, 0.2) is 78.2 Å². The summed E-state index contributed by atoms with van der Waals surface area (Å²) >= 11 is 1.31. The van der Waals surface area contributed by atoms with Gasteiger partial charge in [-0.25, -0.2) is 4.98 Å². The third kappa shape index (κ3) is 4.53. The maximum absolute atomic E-state index is 12.7. The lowest BCUT2D eigenvalue weighted by atomic mass is 10.0. The average molecular weight is 445 g/mol. The fourth-order valence-electron chi connectivity index (χ4n) is 3.17. The Kier molecular flexibility index (Phi) is 6.28. The zero-order valence-electron chi connectivity index (χ0n) is 17.5. The minimum atomic E-state index is -0.304. The Morgan fingerprint density at radius 1 is 0.844 bits per heavy atom. The van der Waals surface area contributed by atoms with Crippen molar-refractivity contribution in [1.29, 1.82) is 0 Å². The summed E-state index contributed by atoms with van der Waals surface area (Å²) in [5.41, 5.74) is 3.00. The zero-order valence-corrected chi connectivity index (χ0v) is 18.3. The van der Waals surface area contributed by atoms with Gasteiger partial charge in [0.2, 0.25) is 0 Å². The van der Waals surface area contributed by atoms with Crippen LogP contribution in [0.3, 0.4) is 0 Å². The van der Waals surface area contributed by atoms with Crippen molar-refractivity contribution in [2.75, 3.05) is 19.5 Å². The fraction of sp³-hybridized carbons (Fsp3) is 0.0800. The first-order valence-electron chi connectivity index (χ1n) is 9.78. The molecular weight excluding hydrogens is 424 g/mol. The SMILES string of the molecule is COc1ccc(OC)c(-c2csc(NC(=O)c3ccc(C(=O)c4ccccc4)cc3)n2)c1. The topological polar surface area (TPSA) is 77.5 Å². The molecule has 1 amide bonds. The van der Waals surface area contributed by atoms with Gasteiger partial charge in [-0.3, -0.25) is 14.9 Å². The van der Waals surface area contributed by atoms with E-state index in [9.17, 15) is 9.59 Å². The van der Waals surface area contributed by atoms with Crippen LogP contribution in [0.1, 0.15) is 26.3 Å². The summed E-state index contributed by atoms with van der Waals surface area (Å²) in [6, 6.07) is 21.0. The Bertz CT molecular complexity index is 1250. The van der Waals surface area contributed by atoms with Gasteiger partial charge >= 0.3 is 0 Å². The molecule has 7 heteroatoms. The molecular formula is C25H20N2O4S. The zero-order chi connectivity index (χ0) is 22.5. The second kappa shape index (κ2) is 9.45. The smallest absolute Gasteiger partial charge is 0.257 e. The molecule has 3 aromatic carbocycles. The number of aromatic nitrogens is 1. The minimum absolute atomic E-state index is 0.0886. The molecule has 0 aliphatic rings. The highest BCUT2D eigenvalue weighted by molar-refractivity contribution is 7.14. The quantitative estimate of drug-likeness (QED) is 0.391. The van der Waals surface area contributed by atoms with E-state index in [2.05, 4.69) is 10.3 Å². The molecule has 1 N–H and O–H groups in total. The van der Waals surface area contributed by atoms with E-state index in [-0.39, 0.29) is 11.7 Å². The molecule has 160 valence electrons. The van der Waals surface area contributed by atoms with E-state index >= 15 is 0 Å². The van der Waals surface area contributed by atoms with Crippen molar-refractivity contribution >= 4 is 28.2 Å². The van der Waals surface area contributed by atoms with Gasteiger partial charge in [0.25, 0.3) is 5.91 Å². The number of amides is 1. The van der Waals surface area contributed by atoms with E-state index in [0.717, 1.165) is 5.56 Å². The second-order valence-corrected chi connectivity index (χ2v) is 7.69. The van der Waals surface area contributed by atoms with Crippen LogP contribution in [0.2, 0.25) is 0 Å². The van der Waals surface area contributed by atoms with Gasteiger partial charge in [-0.2, -0.15) is 0 Å². The van der Waals surface area contributed by atoms with Gasteiger partial charge in [0.05, 0.1) is 19.9 Å². The summed E-state index contributed by atoms with van der Waals surface area (Å²) in [6.07, 6.45) is 0. The summed E-state index contributed by atoms with van der Waals surface area (Å²) in [5.74, 6) is 0.953. The monoisotopic (exact) mass is 444 g/mol. The Morgan fingerprint density at radius 3 is 2.22 bits per heavy atom. The number of benzene rings is 3. The molecule has 0 unspecified atom stereocenters. The van der Waals surface area contributed by atoms with E-state index in [0.29, 0.717) is 39.0 Å². The lowest BCUT2D eigenvalue weighted by Crippen LogP contribution is -2.12. The summed E-state index contributed by atoms with van der Waals surface area (Å²) in [4.78, 5) is 29.7. The van der Waals surface area contributed by atoms with Crippen LogP contribution in [-0.2, 0) is 0 Å². The Morgan fingerprint density at radius 2 is 1.53 bits per heavy atom. The lowest BCUT2D eigenvalue weighted by Gasteiger charge is -2.08. The molecule has 0 atom stereocenters. The number of carbonyl (C=O) groups excluding carboxylic acids is 2. The van der Waals surface area contributed by atoms with Gasteiger partial charge in [0, 0.05) is 27.6 Å². The predicted octanol–water partition coefficient (Wildman–Crippen LogP) is 5.31. The minimum Gasteiger partial charge on any atom is -0.497 e. The molecule has 0 aliphatic heterocycles. The summed E-state index contributed by atoms with van der Waals surface area (Å²) in [5, 5.41) is 5.11. The van der Waals surface area contributed by atoms with Crippen molar-refractivity contribution in [1.82, 2.24) is 4.98 Å². The molecule has 6 nitrogen and oxygen atoms in total. The maximum Gasteiger partial charge on any atom is 0.257 e. The number of hydrogen-bond acceptors (Lipinski definition) is 6. The highest BCUT2D eigenvalue weighted by Crippen LogP contribution is 2.35. The number of nitrogens with one attached hydrogen (secondary N) is 1. The largest absolute Gasteiger partial charge is 0.497 e. The summed E-state index contributed by atoms with van der Waals surface area (Å²) in [6.45, 7) is 0. The number of ketones is 1. The molecule has 0 radical (unpaired) electrons. The van der Waals surface area contributed by atoms with Crippen molar-refractivity contribution in [2.45, 2.75) is 0 Å². The second-order valence-electron chi connectivity index (χ2n) is 6.83. The molecule has 0 fully saturated rings. The Balaban J connectivity index is 1.48. The number of thiazole rings is 1. The Labute approximate surface area is 189 Å². The van der Waals surface area contributed by atoms with E-state index in [1.165, 1.54) is 11.3 Å². The van der Waals surface area contributed by atoms with Crippen LogP contribution in [-0.4, -0.2) is 30.9 Å². The lowest BCUT2D eigenvalue weighted by molar-refractivity contribution is 0.102. The van der Waals surface area contributed by atoms with Crippen molar-refractivity contribution in [3.8, 4) is 22.8 Å². The van der Waals surface area contributed by atoms with Crippen LogP contribution < -0.4 is 14.8 Å². The number of nitrogens with zero attached hydrogens (tertiary/aromatic N) is 1. The van der Waals surface area contributed by atoms with Crippen LogP contribution in [0.5, 0.6) is 11.5 Å². The normalized spacial score (nSPS) is 10.4.